The van der Waals surface area contributed by atoms with Crippen molar-refractivity contribution in [1.82, 2.24) is 19.6 Å². The smallest absolute Gasteiger partial charge is 0.253 e. The van der Waals surface area contributed by atoms with Crippen LogP contribution >= 0.6 is 0 Å². The van der Waals surface area contributed by atoms with Gasteiger partial charge in [-0.15, -0.1) is 0 Å². The predicted molar refractivity (Wildman–Crippen MR) is 143 cm³/mol. The number of methoxy groups -OCH3 is 2. The molecule has 0 bridgehead atoms. The number of likely N-dealkylation sites (N-methyl/N-ethyl adjacent to an activating group) is 1. The summed E-state index contributed by atoms with van der Waals surface area (Å²) in [5.74, 6) is 1.58. The maximum absolute atomic E-state index is 12.9. The Kier molecular flexibility index (Phi) is 7.79. The van der Waals surface area contributed by atoms with E-state index in [0.717, 1.165) is 43.2 Å². The van der Waals surface area contributed by atoms with Crippen molar-refractivity contribution in [2.75, 3.05) is 61.2 Å². The lowest BCUT2D eigenvalue weighted by Gasteiger charge is -2.39. The zero-order valence-electron chi connectivity index (χ0n) is 22.8. The molecule has 194 valence electrons. The summed E-state index contributed by atoms with van der Waals surface area (Å²) in [6.07, 6.45) is 0.941. The molecule has 0 aromatic heterocycles. The van der Waals surface area contributed by atoms with E-state index in [1.807, 2.05) is 30.9 Å². The molecule has 0 aliphatic carbocycles. The molecule has 0 saturated heterocycles. The number of carbonyl (C=O) groups excluding carboxylic acids is 1. The first-order chi connectivity index (χ1) is 17.3. The van der Waals surface area contributed by atoms with Gasteiger partial charge in [0.15, 0.2) is 11.5 Å². The van der Waals surface area contributed by atoms with Crippen LogP contribution in [0.2, 0.25) is 0 Å². The number of benzene rings is 2. The number of fused-ring (bicyclic) bond motifs is 1. The van der Waals surface area contributed by atoms with Crippen LogP contribution in [0.1, 0.15) is 53.9 Å². The van der Waals surface area contributed by atoms with Gasteiger partial charge in [0, 0.05) is 57.2 Å². The largest absolute Gasteiger partial charge is 0.493 e. The Labute approximate surface area is 215 Å². The third-order valence-corrected chi connectivity index (χ3v) is 7.73. The number of hydrogen-bond donors (Lipinski definition) is 0. The molecule has 0 spiro atoms. The first kappa shape index (κ1) is 25.9. The van der Waals surface area contributed by atoms with Gasteiger partial charge in [0.2, 0.25) is 0 Å². The summed E-state index contributed by atoms with van der Waals surface area (Å²) < 4.78 is 11.3. The number of ether oxygens (including phenoxy) is 2. The SMILES string of the molecule is CCN(CC)C(=O)c1ccc(C2c3cc(OC)c(OC)cc3CCN2CC2=C(C)N(C)CN2C)cc1. The summed E-state index contributed by atoms with van der Waals surface area (Å²) in [5, 5.41) is 0. The van der Waals surface area contributed by atoms with E-state index in [4.69, 9.17) is 9.47 Å². The fraction of sp³-hybridized carbons (Fsp3) is 0.483. The minimum absolute atomic E-state index is 0.0470. The number of carbonyl (C=O) groups is 1. The van der Waals surface area contributed by atoms with Crippen LogP contribution in [0.5, 0.6) is 11.5 Å². The van der Waals surface area contributed by atoms with Crippen LogP contribution in [0, 0.1) is 0 Å². The molecule has 2 aliphatic heterocycles. The Balaban J connectivity index is 1.76. The topological polar surface area (TPSA) is 48.5 Å². The van der Waals surface area contributed by atoms with Crippen molar-refractivity contribution in [1.29, 1.82) is 0 Å². The van der Waals surface area contributed by atoms with Crippen molar-refractivity contribution in [3.63, 3.8) is 0 Å². The van der Waals surface area contributed by atoms with Crippen LogP contribution in [-0.2, 0) is 6.42 Å². The molecule has 0 N–H and O–H groups in total. The van der Waals surface area contributed by atoms with Crippen LogP contribution in [0.15, 0.2) is 47.8 Å². The normalized spacial score (nSPS) is 17.9. The average molecular weight is 493 g/mol. The van der Waals surface area contributed by atoms with Crippen LogP contribution in [0.4, 0.5) is 0 Å². The summed E-state index contributed by atoms with van der Waals surface area (Å²) in [5.41, 5.74) is 7.07. The van der Waals surface area contributed by atoms with Crippen molar-refractivity contribution in [2.45, 2.75) is 33.2 Å². The van der Waals surface area contributed by atoms with Crippen LogP contribution < -0.4 is 9.47 Å². The Morgan fingerprint density at radius 1 is 1.00 bits per heavy atom. The zero-order chi connectivity index (χ0) is 26.0. The molecule has 2 aromatic rings. The van der Waals surface area contributed by atoms with E-state index >= 15 is 0 Å². The van der Waals surface area contributed by atoms with Gasteiger partial charge >= 0.3 is 0 Å². The highest BCUT2D eigenvalue weighted by Crippen LogP contribution is 2.41. The molecule has 1 unspecified atom stereocenters. The van der Waals surface area contributed by atoms with Gasteiger partial charge in [0.05, 0.1) is 26.9 Å². The molecular formula is C29H40N4O3. The molecular weight excluding hydrogens is 452 g/mol. The van der Waals surface area contributed by atoms with E-state index in [-0.39, 0.29) is 11.9 Å². The molecule has 7 heteroatoms. The summed E-state index contributed by atoms with van der Waals surface area (Å²) in [6, 6.07) is 12.5. The minimum atomic E-state index is 0.0470. The van der Waals surface area contributed by atoms with Crippen molar-refractivity contribution >= 4 is 5.91 Å². The van der Waals surface area contributed by atoms with E-state index in [0.29, 0.717) is 13.1 Å². The summed E-state index contributed by atoms with van der Waals surface area (Å²) in [4.78, 5) is 21.9. The summed E-state index contributed by atoms with van der Waals surface area (Å²) in [6.45, 7) is 10.3. The molecule has 2 aromatic carbocycles. The number of rotatable bonds is 8. The van der Waals surface area contributed by atoms with E-state index in [2.05, 4.69) is 60.0 Å². The monoisotopic (exact) mass is 492 g/mol. The standard InChI is InChI=1S/C29H40N4O3/c1-8-32(9-2)29(34)22-12-10-21(11-13-22)28-24-17-27(36-7)26(35-6)16-23(24)14-15-33(28)18-25-20(3)30(4)19-31(25)5/h10-13,16-17,28H,8-9,14-15,18-19H2,1-7H3. The maximum atomic E-state index is 12.9. The van der Waals surface area contributed by atoms with E-state index < -0.39 is 0 Å². The van der Waals surface area contributed by atoms with Crippen molar-refractivity contribution in [3.8, 4) is 11.5 Å². The quantitative estimate of drug-likeness (QED) is 0.551. The Bertz CT molecular complexity index is 1120. The van der Waals surface area contributed by atoms with Crippen LogP contribution in [0.3, 0.4) is 0 Å². The first-order valence-electron chi connectivity index (χ1n) is 12.8. The van der Waals surface area contributed by atoms with Gasteiger partial charge in [0.25, 0.3) is 5.91 Å². The Morgan fingerprint density at radius 3 is 2.19 bits per heavy atom. The average Bonchev–Trinajstić information content (AvgIpc) is 3.14. The van der Waals surface area contributed by atoms with E-state index in [9.17, 15) is 4.79 Å². The molecule has 1 atom stereocenters. The molecule has 2 heterocycles. The Morgan fingerprint density at radius 2 is 1.64 bits per heavy atom. The second-order valence-electron chi connectivity index (χ2n) is 9.70. The second-order valence-corrected chi connectivity index (χ2v) is 9.70. The minimum Gasteiger partial charge on any atom is -0.493 e. The fourth-order valence-corrected chi connectivity index (χ4v) is 5.49. The molecule has 7 nitrogen and oxygen atoms in total. The zero-order valence-corrected chi connectivity index (χ0v) is 22.8. The maximum Gasteiger partial charge on any atom is 0.253 e. The molecule has 0 fully saturated rings. The van der Waals surface area contributed by atoms with Crippen molar-refractivity contribution in [3.05, 3.63) is 70.0 Å². The van der Waals surface area contributed by atoms with E-state index in [1.165, 1.54) is 28.1 Å². The van der Waals surface area contributed by atoms with Gasteiger partial charge in [0.1, 0.15) is 0 Å². The van der Waals surface area contributed by atoms with Gasteiger partial charge in [-0.1, -0.05) is 12.1 Å². The van der Waals surface area contributed by atoms with Gasteiger partial charge in [-0.3, -0.25) is 9.69 Å². The second kappa shape index (κ2) is 10.8. The number of hydrogen-bond acceptors (Lipinski definition) is 6. The van der Waals surface area contributed by atoms with Crippen LogP contribution in [0.25, 0.3) is 0 Å². The molecule has 2 aliphatic rings. The molecule has 0 saturated carbocycles. The van der Waals surface area contributed by atoms with Crippen molar-refractivity contribution in [2.24, 2.45) is 0 Å². The van der Waals surface area contributed by atoms with Gasteiger partial charge < -0.3 is 24.2 Å². The fourth-order valence-electron chi connectivity index (χ4n) is 5.49. The van der Waals surface area contributed by atoms with Crippen LogP contribution in [-0.4, -0.2) is 86.7 Å². The number of nitrogens with zero attached hydrogens (tertiary/aromatic N) is 4. The lowest BCUT2D eigenvalue weighted by Crippen LogP contribution is -2.39. The first-order valence-corrected chi connectivity index (χ1v) is 12.8. The highest BCUT2D eigenvalue weighted by Gasteiger charge is 2.33. The van der Waals surface area contributed by atoms with E-state index in [1.54, 1.807) is 14.2 Å². The molecule has 36 heavy (non-hydrogen) atoms. The number of amides is 1. The van der Waals surface area contributed by atoms with Gasteiger partial charge in [-0.25, -0.2) is 0 Å². The van der Waals surface area contributed by atoms with Crippen molar-refractivity contribution < 1.29 is 14.3 Å². The van der Waals surface area contributed by atoms with Gasteiger partial charge in [-0.05, 0) is 68.1 Å². The third-order valence-electron chi connectivity index (χ3n) is 7.73. The highest BCUT2D eigenvalue weighted by atomic mass is 16.5. The lowest BCUT2D eigenvalue weighted by atomic mass is 9.87. The van der Waals surface area contributed by atoms with Gasteiger partial charge in [-0.2, -0.15) is 0 Å². The highest BCUT2D eigenvalue weighted by molar-refractivity contribution is 5.94. The summed E-state index contributed by atoms with van der Waals surface area (Å²) >= 11 is 0. The molecule has 4 rings (SSSR count). The molecule has 1 amide bonds. The lowest BCUT2D eigenvalue weighted by molar-refractivity contribution is 0.0773. The third kappa shape index (κ3) is 4.76. The predicted octanol–water partition coefficient (Wildman–Crippen LogP) is 4.20. The summed E-state index contributed by atoms with van der Waals surface area (Å²) in [7, 11) is 7.68. The molecule has 0 radical (unpaired) electrons. The Hall–Kier alpha value is -3.19. The number of allylic oxidation sites excluding steroid dienone is 1.